The molecule has 0 saturated carbocycles. The molecule has 0 aromatic heterocycles. The highest BCUT2D eigenvalue weighted by Gasteiger charge is 2.23. The second kappa shape index (κ2) is 10.5. The zero-order valence-corrected chi connectivity index (χ0v) is 21.0. The monoisotopic (exact) mass is 631 g/mol. The van der Waals surface area contributed by atoms with Crippen LogP contribution in [0.4, 0.5) is 17.1 Å². The maximum Gasteiger partial charge on any atom is 0.295 e. The molecule has 0 amide bonds. The van der Waals surface area contributed by atoms with Crippen molar-refractivity contribution in [2.45, 2.75) is 9.79 Å². The van der Waals surface area contributed by atoms with Crippen LogP contribution in [0.25, 0.3) is 0 Å². The van der Waals surface area contributed by atoms with Crippen molar-refractivity contribution in [1.29, 1.82) is 0 Å². The van der Waals surface area contributed by atoms with E-state index in [-0.39, 0.29) is 16.9 Å². The Morgan fingerprint density at radius 1 is 0.914 bits per heavy atom. The molecule has 3 aromatic rings. The van der Waals surface area contributed by atoms with Crippen LogP contribution in [0.3, 0.4) is 0 Å². The molecule has 35 heavy (non-hydrogen) atoms. The molecule has 0 spiro atoms. The second-order valence-corrected chi connectivity index (χ2v) is 10.7. The first-order chi connectivity index (χ1) is 16.3. The molecule has 0 radical (unpaired) electrons. The third-order valence-electron chi connectivity index (χ3n) is 4.23. The summed E-state index contributed by atoms with van der Waals surface area (Å²) in [4.78, 5) is 8.52. The summed E-state index contributed by atoms with van der Waals surface area (Å²) in [5, 5.41) is 22.6. The maximum absolute atomic E-state index is 12.0. The Hall–Kier alpha value is -3.32. The molecule has 0 heterocycles. The van der Waals surface area contributed by atoms with Gasteiger partial charge in [0.25, 0.3) is 25.9 Å². The number of nitro groups is 1. The van der Waals surface area contributed by atoms with E-state index in [4.69, 9.17) is 0 Å². The van der Waals surface area contributed by atoms with E-state index in [9.17, 15) is 36.1 Å². The molecule has 0 fully saturated rings. The summed E-state index contributed by atoms with van der Waals surface area (Å²) in [6, 6.07) is 14.2. The SMILES string of the molecule is O=[N+]([O-])c1ccc(/N=N/C(=N/Nc2ccc(I)cc2)c2ccc(S(=O)(=O)O)cc2S(=O)(=O)O)cc1. The van der Waals surface area contributed by atoms with E-state index < -0.39 is 40.8 Å². The van der Waals surface area contributed by atoms with Crippen molar-refractivity contribution in [2.75, 3.05) is 5.43 Å². The molecular formula is C19H14IN5O8S2. The standard InChI is InChI=1S/C19H14IN5O8S2/c20-12-1-3-13(4-2-12)21-23-19(24-22-14-5-7-15(8-6-14)25(26)27)17-10-9-16(34(28,29)30)11-18(17)35(31,32)33/h1-11,21H,(H,28,29,30)(H,31,32,33)/b23-19+,24-22+. The lowest BCUT2D eigenvalue weighted by Crippen LogP contribution is -2.11. The molecule has 16 heteroatoms. The largest absolute Gasteiger partial charge is 0.295 e. The minimum atomic E-state index is -5.01. The van der Waals surface area contributed by atoms with Crippen LogP contribution in [0.15, 0.2) is 91.9 Å². The molecule has 0 atom stereocenters. The van der Waals surface area contributed by atoms with E-state index in [2.05, 4.69) is 43.3 Å². The number of non-ortho nitro benzene ring substituents is 1. The predicted molar refractivity (Wildman–Crippen MR) is 133 cm³/mol. The Balaban J connectivity index is 2.12. The number of azo groups is 1. The van der Waals surface area contributed by atoms with E-state index in [1.54, 1.807) is 24.3 Å². The maximum atomic E-state index is 12.0. The van der Waals surface area contributed by atoms with Crippen LogP contribution in [-0.2, 0) is 20.2 Å². The molecule has 3 N–H and O–H groups in total. The molecule has 0 bridgehead atoms. The lowest BCUT2D eigenvalue weighted by atomic mass is 10.2. The zero-order chi connectivity index (χ0) is 25.8. The molecule has 0 saturated heterocycles. The van der Waals surface area contributed by atoms with Gasteiger partial charge in [-0.3, -0.25) is 24.6 Å². The van der Waals surface area contributed by atoms with Gasteiger partial charge in [0.05, 0.1) is 21.2 Å². The average Bonchev–Trinajstić information content (AvgIpc) is 2.79. The number of nitro benzene ring substituents is 1. The van der Waals surface area contributed by atoms with Gasteiger partial charge in [-0.25, -0.2) is 0 Å². The van der Waals surface area contributed by atoms with Gasteiger partial charge in [-0.1, -0.05) is 0 Å². The Labute approximate surface area is 212 Å². The minimum Gasteiger partial charge on any atom is -0.282 e. The lowest BCUT2D eigenvalue weighted by Gasteiger charge is -2.09. The van der Waals surface area contributed by atoms with Gasteiger partial charge in [0.15, 0.2) is 0 Å². The first kappa shape index (κ1) is 26.3. The van der Waals surface area contributed by atoms with Crippen molar-refractivity contribution < 1.29 is 30.9 Å². The van der Waals surface area contributed by atoms with E-state index in [0.29, 0.717) is 11.8 Å². The predicted octanol–water partition coefficient (Wildman–Crippen LogP) is 4.25. The number of hydrogen-bond donors (Lipinski definition) is 3. The van der Waals surface area contributed by atoms with Crippen molar-refractivity contribution in [1.82, 2.24) is 0 Å². The van der Waals surface area contributed by atoms with Crippen LogP contribution < -0.4 is 5.43 Å². The second-order valence-electron chi connectivity index (χ2n) is 6.64. The van der Waals surface area contributed by atoms with Crippen LogP contribution in [-0.4, -0.2) is 36.7 Å². The number of rotatable bonds is 7. The number of nitrogens with zero attached hydrogens (tertiary/aromatic N) is 4. The van der Waals surface area contributed by atoms with Gasteiger partial charge in [-0.05, 0) is 77.2 Å². The molecule has 3 aromatic carbocycles. The summed E-state index contributed by atoms with van der Waals surface area (Å²) >= 11 is 2.09. The third kappa shape index (κ3) is 7.09. The zero-order valence-electron chi connectivity index (χ0n) is 17.2. The Morgan fingerprint density at radius 3 is 2.09 bits per heavy atom. The first-order valence-corrected chi connectivity index (χ1v) is 13.2. The Bertz CT molecular complexity index is 1540. The summed E-state index contributed by atoms with van der Waals surface area (Å²) in [7, 11) is -9.80. The topological polar surface area (TPSA) is 201 Å². The summed E-state index contributed by atoms with van der Waals surface area (Å²) in [6.07, 6.45) is 0. The Kier molecular flexibility index (Phi) is 7.90. The van der Waals surface area contributed by atoms with E-state index in [1.165, 1.54) is 24.3 Å². The van der Waals surface area contributed by atoms with Crippen LogP contribution in [0, 0.1) is 13.7 Å². The smallest absolute Gasteiger partial charge is 0.282 e. The van der Waals surface area contributed by atoms with Gasteiger partial charge < -0.3 is 0 Å². The van der Waals surface area contributed by atoms with Gasteiger partial charge in [0.2, 0.25) is 5.84 Å². The van der Waals surface area contributed by atoms with Crippen molar-refractivity contribution in [3.63, 3.8) is 0 Å². The number of anilines is 1. The van der Waals surface area contributed by atoms with Gasteiger partial charge in [0.1, 0.15) is 4.90 Å². The van der Waals surface area contributed by atoms with Gasteiger partial charge >= 0.3 is 0 Å². The van der Waals surface area contributed by atoms with Crippen LogP contribution >= 0.6 is 22.6 Å². The fraction of sp³-hybridized carbons (Fsp3) is 0. The highest BCUT2D eigenvalue weighted by atomic mass is 127. The molecular weight excluding hydrogens is 617 g/mol. The van der Waals surface area contributed by atoms with Gasteiger partial charge in [-0.15, -0.1) is 10.2 Å². The van der Waals surface area contributed by atoms with Crippen molar-refractivity contribution in [3.8, 4) is 0 Å². The first-order valence-electron chi connectivity index (χ1n) is 9.19. The summed E-state index contributed by atoms with van der Waals surface area (Å²) in [6.45, 7) is 0. The molecule has 182 valence electrons. The molecule has 13 nitrogen and oxygen atoms in total. The number of halogens is 1. The molecule has 0 aliphatic carbocycles. The summed E-state index contributed by atoms with van der Waals surface area (Å²) < 4.78 is 66.8. The Morgan fingerprint density at radius 2 is 1.54 bits per heavy atom. The summed E-state index contributed by atoms with van der Waals surface area (Å²) in [5.41, 5.74) is 2.76. The van der Waals surface area contributed by atoms with Crippen molar-refractivity contribution >= 4 is 65.7 Å². The average molecular weight is 631 g/mol. The number of amidine groups is 1. The van der Waals surface area contributed by atoms with Gasteiger partial charge in [0, 0.05) is 21.3 Å². The lowest BCUT2D eigenvalue weighted by molar-refractivity contribution is -0.384. The van der Waals surface area contributed by atoms with E-state index in [1.807, 2.05) is 0 Å². The minimum absolute atomic E-state index is 0.153. The quantitative estimate of drug-likeness (QED) is 0.0648. The fourth-order valence-electron chi connectivity index (χ4n) is 2.59. The molecule has 0 aliphatic heterocycles. The third-order valence-corrected chi connectivity index (χ3v) is 6.69. The number of benzene rings is 3. The van der Waals surface area contributed by atoms with Gasteiger partial charge in [-0.2, -0.15) is 21.9 Å². The fourth-order valence-corrected chi connectivity index (χ4v) is 4.24. The normalized spacial score (nSPS) is 12.6. The van der Waals surface area contributed by atoms with Crippen LogP contribution in [0.1, 0.15) is 5.56 Å². The van der Waals surface area contributed by atoms with Crippen molar-refractivity contribution in [2.24, 2.45) is 15.3 Å². The van der Waals surface area contributed by atoms with E-state index >= 15 is 0 Å². The van der Waals surface area contributed by atoms with E-state index in [0.717, 1.165) is 15.7 Å². The number of nitrogens with one attached hydrogen (secondary N) is 1. The molecule has 0 unspecified atom stereocenters. The summed E-state index contributed by atoms with van der Waals surface area (Å²) in [5.74, 6) is -0.392. The molecule has 0 aliphatic rings. The van der Waals surface area contributed by atoms with Crippen LogP contribution in [0.2, 0.25) is 0 Å². The van der Waals surface area contributed by atoms with Crippen molar-refractivity contribution in [3.05, 3.63) is 86.0 Å². The highest BCUT2D eigenvalue weighted by Crippen LogP contribution is 2.24. The van der Waals surface area contributed by atoms with Crippen LogP contribution in [0.5, 0.6) is 0 Å². The molecule has 3 rings (SSSR count). The number of hydrogen-bond acceptors (Lipinski definition) is 9. The highest BCUT2D eigenvalue weighted by molar-refractivity contribution is 14.1. The number of hydrazone groups is 1.